The highest BCUT2D eigenvalue weighted by molar-refractivity contribution is 5.78. The van der Waals surface area contributed by atoms with Gasteiger partial charge in [-0.1, -0.05) is 12.1 Å². The van der Waals surface area contributed by atoms with Crippen LogP contribution in [0.15, 0.2) is 18.2 Å². The topological polar surface area (TPSA) is 56.8 Å². The molecule has 1 aromatic rings. The Hall–Kier alpha value is -1.75. The van der Waals surface area contributed by atoms with Crippen LogP contribution in [0.25, 0.3) is 0 Å². The number of benzene rings is 1. The van der Waals surface area contributed by atoms with Gasteiger partial charge in [0.2, 0.25) is 12.7 Å². The molecule has 1 amide bonds. The van der Waals surface area contributed by atoms with Crippen LogP contribution in [0.4, 0.5) is 0 Å². The maximum absolute atomic E-state index is 12.0. The molecular weight excluding hydrogens is 246 g/mol. The predicted octanol–water partition coefficient (Wildman–Crippen LogP) is 1.46. The number of fused-ring (bicyclic) bond motifs is 1. The maximum atomic E-state index is 12.0. The lowest BCUT2D eigenvalue weighted by Gasteiger charge is -2.21. The third kappa shape index (κ3) is 2.66. The summed E-state index contributed by atoms with van der Waals surface area (Å²) < 4.78 is 16.0. The zero-order valence-electron chi connectivity index (χ0n) is 10.7. The Labute approximate surface area is 111 Å². The highest BCUT2D eigenvalue weighted by atomic mass is 16.7. The first-order valence-electron chi connectivity index (χ1n) is 6.57. The Balaban J connectivity index is 1.60. The van der Waals surface area contributed by atoms with Crippen LogP contribution in [0, 0.1) is 5.92 Å². The summed E-state index contributed by atoms with van der Waals surface area (Å²) >= 11 is 0. The zero-order chi connectivity index (χ0) is 13.1. The van der Waals surface area contributed by atoms with Crippen molar-refractivity contribution in [2.75, 3.05) is 20.0 Å². The molecule has 0 radical (unpaired) electrons. The third-order valence-corrected chi connectivity index (χ3v) is 3.52. The summed E-state index contributed by atoms with van der Waals surface area (Å²) in [5, 5.41) is 2.97. The molecule has 0 spiro atoms. The second-order valence-corrected chi connectivity index (χ2v) is 4.76. The van der Waals surface area contributed by atoms with Gasteiger partial charge in [0.15, 0.2) is 11.5 Å². The van der Waals surface area contributed by atoms with Crippen molar-refractivity contribution >= 4 is 5.91 Å². The Morgan fingerprint density at radius 3 is 2.95 bits per heavy atom. The Kier molecular flexibility index (Phi) is 3.55. The summed E-state index contributed by atoms with van der Waals surface area (Å²) in [7, 11) is 0. The summed E-state index contributed by atoms with van der Waals surface area (Å²) in [5.74, 6) is 1.66. The van der Waals surface area contributed by atoms with E-state index in [0.717, 1.165) is 29.9 Å². The van der Waals surface area contributed by atoms with Crippen molar-refractivity contribution in [3.63, 3.8) is 0 Å². The highest BCUT2D eigenvalue weighted by Crippen LogP contribution is 2.35. The SMILES string of the molecule is O=C(NCc1cccc2c1OCO2)C1CCOCC1. The van der Waals surface area contributed by atoms with E-state index in [2.05, 4.69) is 5.32 Å². The first-order chi connectivity index (χ1) is 9.34. The van der Waals surface area contributed by atoms with Gasteiger partial charge in [0.25, 0.3) is 0 Å². The molecule has 0 aliphatic carbocycles. The number of amides is 1. The molecule has 19 heavy (non-hydrogen) atoms. The molecule has 2 aliphatic rings. The summed E-state index contributed by atoms with van der Waals surface area (Å²) in [6.07, 6.45) is 1.61. The van der Waals surface area contributed by atoms with Crippen molar-refractivity contribution in [3.8, 4) is 11.5 Å². The molecule has 2 heterocycles. The number of rotatable bonds is 3. The maximum Gasteiger partial charge on any atom is 0.231 e. The number of carbonyl (C=O) groups is 1. The van der Waals surface area contributed by atoms with Gasteiger partial charge in [0.05, 0.1) is 0 Å². The van der Waals surface area contributed by atoms with Crippen LogP contribution in [0.2, 0.25) is 0 Å². The van der Waals surface area contributed by atoms with Crippen molar-refractivity contribution in [3.05, 3.63) is 23.8 Å². The fraction of sp³-hybridized carbons (Fsp3) is 0.500. The van der Waals surface area contributed by atoms with Gasteiger partial charge < -0.3 is 19.5 Å². The highest BCUT2D eigenvalue weighted by Gasteiger charge is 2.22. The molecule has 5 heteroatoms. The fourth-order valence-corrected chi connectivity index (χ4v) is 2.42. The number of nitrogens with one attached hydrogen (secondary N) is 1. The van der Waals surface area contributed by atoms with Crippen molar-refractivity contribution in [1.82, 2.24) is 5.32 Å². The van der Waals surface area contributed by atoms with E-state index in [-0.39, 0.29) is 18.6 Å². The van der Waals surface area contributed by atoms with Gasteiger partial charge in [-0.2, -0.15) is 0 Å². The monoisotopic (exact) mass is 263 g/mol. The van der Waals surface area contributed by atoms with Crippen LogP contribution in [0.1, 0.15) is 18.4 Å². The van der Waals surface area contributed by atoms with Gasteiger partial charge in [-0.15, -0.1) is 0 Å². The molecule has 0 bridgehead atoms. The van der Waals surface area contributed by atoms with Crippen LogP contribution in [0.3, 0.4) is 0 Å². The lowest BCUT2D eigenvalue weighted by Crippen LogP contribution is -2.33. The largest absolute Gasteiger partial charge is 0.454 e. The minimum Gasteiger partial charge on any atom is -0.454 e. The molecule has 0 unspecified atom stereocenters. The molecule has 1 N–H and O–H groups in total. The minimum absolute atomic E-state index is 0.0719. The van der Waals surface area contributed by atoms with Crippen molar-refractivity contribution < 1.29 is 19.0 Å². The number of para-hydroxylation sites is 1. The normalized spacial score (nSPS) is 18.3. The Morgan fingerprint density at radius 1 is 1.26 bits per heavy atom. The minimum atomic E-state index is 0.0719. The molecule has 5 nitrogen and oxygen atoms in total. The van der Waals surface area contributed by atoms with E-state index in [1.807, 2.05) is 18.2 Å². The summed E-state index contributed by atoms with van der Waals surface area (Å²) in [6, 6.07) is 5.72. The van der Waals surface area contributed by atoms with E-state index in [4.69, 9.17) is 14.2 Å². The molecule has 0 aromatic heterocycles. The van der Waals surface area contributed by atoms with E-state index >= 15 is 0 Å². The van der Waals surface area contributed by atoms with Crippen molar-refractivity contribution in [2.45, 2.75) is 19.4 Å². The van der Waals surface area contributed by atoms with Gasteiger partial charge in [-0.25, -0.2) is 0 Å². The first-order valence-corrected chi connectivity index (χ1v) is 6.57. The van der Waals surface area contributed by atoms with Gasteiger partial charge in [-0.3, -0.25) is 4.79 Å². The average Bonchev–Trinajstić information content (AvgIpc) is 2.94. The predicted molar refractivity (Wildman–Crippen MR) is 68.0 cm³/mol. The molecular formula is C14H17NO4. The average molecular weight is 263 g/mol. The van der Waals surface area contributed by atoms with Crippen LogP contribution in [-0.4, -0.2) is 25.9 Å². The second-order valence-electron chi connectivity index (χ2n) is 4.76. The van der Waals surface area contributed by atoms with Crippen LogP contribution in [0.5, 0.6) is 11.5 Å². The lowest BCUT2D eigenvalue weighted by molar-refractivity contribution is -0.128. The number of ether oxygens (including phenoxy) is 3. The standard InChI is InChI=1S/C14H17NO4/c16-14(10-4-6-17-7-5-10)15-8-11-2-1-3-12-13(11)19-9-18-12/h1-3,10H,4-9H2,(H,15,16). The number of hydrogen-bond acceptors (Lipinski definition) is 4. The zero-order valence-corrected chi connectivity index (χ0v) is 10.7. The van der Waals surface area contributed by atoms with Crippen LogP contribution in [-0.2, 0) is 16.1 Å². The summed E-state index contributed by atoms with van der Waals surface area (Å²) in [5.41, 5.74) is 0.954. The molecule has 102 valence electrons. The third-order valence-electron chi connectivity index (χ3n) is 3.52. The second kappa shape index (κ2) is 5.48. The molecule has 1 aromatic carbocycles. The Morgan fingerprint density at radius 2 is 2.11 bits per heavy atom. The van der Waals surface area contributed by atoms with Gasteiger partial charge in [0, 0.05) is 31.2 Å². The number of carbonyl (C=O) groups excluding carboxylic acids is 1. The first kappa shape index (κ1) is 12.3. The van der Waals surface area contributed by atoms with Gasteiger partial charge in [0.1, 0.15) is 0 Å². The fourth-order valence-electron chi connectivity index (χ4n) is 2.42. The van der Waals surface area contributed by atoms with Crippen LogP contribution >= 0.6 is 0 Å². The molecule has 1 saturated heterocycles. The van der Waals surface area contributed by atoms with Gasteiger partial charge in [-0.05, 0) is 18.9 Å². The number of hydrogen-bond donors (Lipinski definition) is 1. The molecule has 0 atom stereocenters. The molecule has 3 rings (SSSR count). The van der Waals surface area contributed by atoms with E-state index in [1.165, 1.54) is 0 Å². The molecule has 2 aliphatic heterocycles. The Bertz CT molecular complexity index is 469. The van der Waals surface area contributed by atoms with Crippen LogP contribution < -0.4 is 14.8 Å². The summed E-state index contributed by atoms with van der Waals surface area (Å²) in [6.45, 7) is 2.08. The molecule has 1 fully saturated rings. The van der Waals surface area contributed by atoms with E-state index in [1.54, 1.807) is 0 Å². The molecule has 0 saturated carbocycles. The quantitative estimate of drug-likeness (QED) is 0.897. The van der Waals surface area contributed by atoms with E-state index in [9.17, 15) is 4.79 Å². The summed E-state index contributed by atoms with van der Waals surface area (Å²) in [4.78, 5) is 12.0. The van der Waals surface area contributed by atoms with Crippen molar-refractivity contribution in [2.24, 2.45) is 5.92 Å². The van der Waals surface area contributed by atoms with E-state index in [0.29, 0.717) is 19.8 Å². The van der Waals surface area contributed by atoms with Gasteiger partial charge >= 0.3 is 0 Å². The van der Waals surface area contributed by atoms with E-state index < -0.39 is 0 Å². The van der Waals surface area contributed by atoms with Crippen molar-refractivity contribution in [1.29, 1.82) is 0 Å². The smallest absolute Gasteiger partial charge is 0.231 e. The lowest BCUT2D eigenvalue weighted by atomic mass is 9.99.